The van der Waals surface area contributed by atoms with E-state index in [2.05, 4.69) is 29.4 Å². The van der Waals surface area contributed by atoms with E-state index in [0.717, 1.165) is 29.5 Å². The number of nitrogens with zero attached hydrogens (tertiary/aromatic N) is 3. The first kappa shape index (κ1) is 27.5. The van der Waals surface area contributed by atoms with E-state index in [4.69, 9.17) is 19.1 Å². The van der Waals surface area contributed by atoms with Crippen LogP contribution < -0.4 is 0 Å². The van der Waals surface area contributed by atoms with Gasteiger partial charge in [-0.25, -0.2) is 9.48 Å². The van der Waals surface area contributed by atoms with E-state index in [9.17, 15) is 9.59 Å². The predicted molar refractivity (Wildman–Crippen MR) is 133 cm³/mol. The average molecular weight is 506 g/mol. The monoisotopic (exact) mass is 505 g/mol. The number of esters is 2. The maximum absolute atomic E-state index is 12.5. The van der Waals surface area contributed by atoms with Gasteiger partial charge in [-0.05, 0) is 30.4 Å². The zero-order valence-electron chi connectivity index (χ0n) is 21.2. The van der Waals surface area contributed by atoms with Gasteiger partial charge in [0.2, 0.25) is 0 Å². The van der Waals surface area contributed by atoms with Crippen molar-refractivity contribution in [1.29, 1.82) is 0 Å². The lowest BCUT2D eigenvalue weighted by Crippen LogP contribution is -2.40. The number of carbonyl (C=O) groups is 2. The Balaban J connectivity index is 0.00000121. The average Bonchev–Trinajstić information content (AvgIpc) is 3.38. The van der Waals surface area contributed by atoms with Crippen LogP contribution in [0.15, 0.2) is 60.8 Å². The molecule has 1 fully saturated rings. The van der Waals surface area contributed by atoms with E-state index in [0.29, 0.717) is 24.6 Å². The second kappa shape index (κ2) is 13.3. The lowest BCUT2D eigenvalue weighted by Gasteiger charge is -2.43. The number of methoxy groups -OCH3 is 1. The molecule has 1 unspecified atom stereocenters. The highest BCUT2D eigenvalue weighted by molar-refractivity contribution is 5.76. The predicted octanol–water partition coefficient (Wildman–Crippen LogP) is 4.01. The van der Waals surface area contributed by atoms with E-state index in [-0.39, 0.29) is 29.9 Å². The lowest BCUT2D eigenvalue weighted by molar-refractivity contribution is -0.191. The number of ether oxygens (including phenoxy) is 2. The quantitative estimate of drug-likeness (QED) is 0.400. The number of hydrogen-bond donors (Lipinski definition) is 0. The zero-order valence-corrected chi connectivity index (χ0v) is 21.2. The Hall–Kier alpha value is -4.10. The Kier molecular flexibility index (Phi) is 9.86. The van der Waals surface area contributed by atoms with Gasteiger partial charge < -0.3 is 9.47 Å². The molecule has 1 heterocycles. The van der Waals surface area contributed by atoms with Gasteiger partial charge in [-0.2, -0.15) is 9.59 Å². The van der Waals surface area contributed by atoms with Crippen molar-refractivity contribution in [2.45, 2.75) is 45.1 Å². The molecule has 37 heavy (non-hydrogen) atoms. The van der Waals surface area contributed by atoms with Gasteiger partial charge >= 0.3 is 18.1 Å². The van der Waals surface area contributed by atoms with Gasteiger partial charge in [0.25, 0.3) is 0 Å². The smallest absolute Gasteiger partial charge is 0.373 e. The summed E-state index contributed by atoms with van der Waals surface area (Å²) in [7, 11) is 1.38. The van der Waals surface area contributed by atoms with Crippen LogP contribution in [0.4, 0.5) is 0 Å². The third-order valence-electron chi connectivity index (χ3n) is 6.78. The summed E-state index contributed by atoms with van der Waals surface area (Å²) in [5, 5.41) is 8.53. The Bertz CT molecular complexity index is 1200. The summed E-state index contributed by atoms with van der Waals surface area (Å²) in [6, 6.07) is 17.3. The summed E-state index contributed by atoms with van der Waals surface area (Å²) in [5.41, 5.74) is 3.74. The van der Waals surface area contributed by atoms with Gasteiger partial charge in [-0.3, -0.25) is 4.79 Å². The van der Waals surface area contributed by atoms with Gasteiger partial charge in [-0.15, -0.1) is 5.10 Å². The molecule has 9 nitrogen and oxygen atoms in total. The van der Waals surface area contributed by atoms with Crippen LogP contribution in [0.3, 0.4) is 0 Å². The van der Waals surface area contributed by atoms with E-state index >= 15 is 0 Å². The van der Waals surface area contributed by atoms with E-state index in [1.54, 1.807) is 10.9 Å². The molecule has 194 valence electrons. The second-order valence-electron chi connectivity index (χ2n) is 8.81. The Morgan fingerprint density at radius 2 is 1.76 bits per heavy atom. The highest BCUT2D eigenvalue weighted by atomic mass is 16.5. The van der Waals surface area contributed by atoms with Crippen LogP contribution in [-0.4, -0.2) is 46.8 Å². The third-order valence-corrected chi connectivity index (χ3v) is 6.78. The van der Waals surface area contributed by atoms with Crippen LogP contribution in [0.5, 0.6) is 0 Å². The molecule has 1 aliphatic rings. The molecular formula is C28H31N3O6. The highest BCUT2D eigenvalue weighted by Crippen LogP contribution is 2.50. The summed E-state index contributed by atoms with van der Waals surface area (Å²) in [4.78, 5) is 41.1. The van der Waals surface area contributed by atoms with Crippen LogP contribution in [0, 0.1) is 11.8 Å². The molecule has 9 heteroatoms. The molecule has 0 radical (unpaired) electrons. The van der Waals surface area contributed by atoms with Crippen LogP contribution in [-0.2, 0) is 35.1 Å². The van der Waals surface area contributed by atoms with Crippen molar-refractivity contribution in [2.75, 3.05) is 13.7 Å². The van der Waals surface area contributed by atoms with Gasteiger partial charge in [0, 0.05) is 17.9 Å². The fourth-order valence-corrected chi connectivity index (χ4v) is 4.86. The van der Waals surface area contributed by atoms with Gasteiger partial charge in [0.1, 0.15) is 5.69 Å². The number of hydrogen-bond acceptors (Lipinski definition) is 8. The van der Waals surface area contributed by atoms with Crippen molar-refractivity contribution in [2.24, 2.45) is 11.8 Å². The molecular weight excluding hydrogens is 474 g/mol. The van der Waals surface area contributed by atoms with Crippen LogP contribution in [0.1, 0.15) is 49.8 Å². The van der Waals surface area contributed by atoms with Crippen LogP contribution in [0.2, 0.25) is 0 Å². The molecule has 0 amide bonds. The van der Waals surface area contributed by atoms with Crippen molar-refractivity contribution in [3.8, 4) is 11.3 Å². The van der Waals surface area contributed by atoms with Crippen molar-refractivity contribution in [3.05, 3.63) is 71.9 Å². The molecule has 0 saturated heterocycles. The highest BCUT2D eigenvalue weighted by Gasteiger charge is 2.45. The first-order valence-corrected chi connectivity index (χ1v) is 12.3. The zero-order chi connectivity index (χ0) is 26.8. The minimum absolute atomic E-state index is 0.0737. The van der Waals surface area contributed by atoms with Gasteiger partial charge in [0.05, 0.1) is 25.8 Å². The summed E-state index contributed by atoms with van der Waals surface area (Å²) in [6.45, 7) is 4.42. The Morgan fingerprint density at radius 3 is 2.35 bits per heavy atom. The van der Waals surface area contributed by atoms with Gasteiger partial charge in [0.15, 0.2) is 6.04 Å². The molecule has 0 N–H and O–H groups in total. The van der Waals surface area contributed by atoms with Crippen molar-refractivity contribution < 1.29 is 28.7 Å². The van der Waals surface area contributed by atoms with E-state index in [1.807, 2.05) is 49.4 Å². The summed E-state index contributed by atoms with van der Waals surface area (Å²) < 4.78 is 11.9. The largest absolute Gasteiger partial charge is 0.467 e. The molecule has 1 saturated carbocycles. The van der Waals surface area contributed by atoms with Crippen LogP contribution >= 0.6 is 0 Å². The minimum atomic E-state index is -0.599. The Morgan fingerprint density at radius 1 is 1.08 bits per heavy atom. The SMILES string of the molecule is CCOC(=O)[C@H]1C[C@H](CC)C1c1ccc(-c2cn([C@@H](Cc3ccccc3)C(=O)OC)nn2)cc1.O=C=O. The maximum atomic E-state index is 12.5. The van der Waals surface area contributed by atoms with Gasteiger partial charge in [-0.1, -0.05) is 73.2 Å². The van der Waals surface area contributed by atoms with Crippen molar-refractivity contribution in [1.82, 2.24) is 15.0 Å². The number of benzene rings is 2. The fourth-order valence-electron chi connectivity index (χ4n) is 4.86. The normalized spacial score (nSPS) is 18.8. The molecule has 0 aliphatic heterocycles. The number of rotatable bonds is 9. The maximum Gasteiger partial charge on any atom is 0.373 e. The summed E-state index contributed by atoms with van der Waals surface area (Å²) >= 11 is 0. The number of aromatic nitrogens is 3. The molecule has 3 aromatic rings. The molecule has 1 aliphatic carbocycles. The topological polar surface area (TPSA) is 117 Å². The van der Waals surface area contributed by atoms with E-state index in [1.165, 1.54) is 7.11 Å². The van der Waals surface area contributed by atoms with Crippen molar-refractivity contribution in [3.63, 3.8) is 0 Å². The molecule has 4 rings (SSSR count). The molecule has 4 atom stereocenters. The molecule has 0 spiro atoms. The fraction of sp³-hybridized carbons (Fsp3) is 0.393. The lowest BCUT2D eigenvalue weighted by atomic mass is 9.61. The summed E-state index contributed by atoms with van der Waals surface area (Å²) in [6.07, 6.45) is 4.41. The van der Waals surface area contributed by atoms with E-state index < -0.39 is 6.04 Å². The first-order chi connectivity index (χ1) is 18.0. The number of carbonyl (C=O) groups excluding carboxylic acids is 4. The molecule has 0 bridgehead atoms. The molecule has 1 aromatic heterocycles. The minimum Gasteiger partial charge on any atom is -0.467 e. The Labute approximate surface area is 215 Å². The standard InChI is InChI=1S/C27H31N3O4.CO2/c1-4-19-16-22(26(31)34-5-2)25(19)21-13-11-20(12-14-21)23-17-30(29-28-23)24(27(32)33-3)15-18-9-7-6-8-10-18;2-1-3/h6-14,17,19,22,24-25H,4-5,15-16H2,1-3H3;/t19-,22-,24-,25?;/m0./s1. The van der Waals surface area contributed by atoms with Crippen LogP contribution in [0.25, 0.3) is 11.3 Å². The third kappa shape index (κ3) is 6.57. The summed E-state index contributed by atoms with van der Waals surface area (Å²) in [5.74, 6) is 0.131. The second-order valence-corrected chi connectivity index (χ2v) is 8.81. The molecule has 2 aromatic carbocycles. The van der Waals surface area contributed by atoms with Crippen molar-refractivity contribution >= 4 is 18.1 Å². The first-order valence-electron chi connectivity index (χ1n) is 12.3.